The molecule has 0 aliphatic carbocycles. The van der Waals surface area contributed by atoms with Gasteiger partial charge in [0, 0.05) is 13.6 Å². The van der Waals surface area contributed by atoms with E-state index >= 15 is 0 Å². The van der Waals surface area contributed by atoms with E-state index in [-0.39, 0.29) is 17.5 Å². The molecule has 7 heteroatoms. The summed E-state index contributed by atoms with van der Waals surface area (Å²) in [5.41, 5.74) is 6.63. The second-order valence-electron chi connectivity index (χ2n) is 4.12. The molecule has 0 aliphatic rings. The predicted molar refractivity (Wildman–Crippen MR) is 78.5 cm³/mol. The molecule has 1 aromatic heterocycles. The van der Waals surface area contributed by atoms with E-state index in [1.165, 1.54) is 13.1 Å². The fourth-order valence-electron chi connectivity index (χ4n) is 1.78. The van der Waals surface area contributed by atoms with Crippen molar-refractivity contribution in [2.45, 2.75) is 6.42 Å². The fraction of sp³-hybridized carbons (Fsp3) is 0.231. The predicted octanol–water partition coefficient (Wildman–Crippen LogP) is 1.88. The molecule has 2 rings (SSSR count). The van der Waals surface area contributed by atoms with Gasteiger partial charge in [-0.1, -0.05) is 18.2 Å². The molecule has 0 spiro atoms. The lowest BCUT2D eigenvalue weighted by molar-refractivity contribution is 0.0965. The van der Waals surface area contributed by atoms with Gasteiger partial charge in [-0.3, -0.25) is 4.79 Å². The van der Waals surface area contributed by atoms with Crippen molar-refractivity contribution in [3.05, 3.63) is 41.2 Å². The number of rotatable bonds is 5. The second-order valence-corrected chi connectivity index (χ2v) is 4.89. The van der Waals surface area contributed by atoms with Crippen molar-refractivity contribution in [3.8, 4) is 0 Å². The van der Waals surface area contributed by atoms with Crippen molar-refractivity contribution in [1.29, 1.82) is 0 Å². The molecule has 1 aromatic carbocycles. The Morgan fingerprint density at radius 1 is 1.45 bits per heavy atom. The van der Waals surface area contributed by atoms with Gasteiger partial charge >= 0.3 is 0 Å². The highest BCUT2D eigenvalue weighted by Gasteiger charge is 2.17. The lowest BCUT2D eigenvalue weighted by Gasteiger charge is -2.07. The quantitative estimate of drug-likeness (QED) is 0.786. The average Bonchev–Trinajstić information content (AvgIpc) is 2.81. The van der Waals surface area contributed by atoms with Gasteiger partial charge in [-0.2, -0.15) is 4.37 Å². The van der Waals surface area contributed by atoms with Crippen molar-refractivity contribution in [2.24, 2.45) is 0 Å². The van der Waals surface area contributed by atoms with E-state index in [1.807, 2.05) is 0 Å². The Kier molecular flexibility index (Phi) is 4.52. The third-order valence-electron chi connectivity index (χ3n) is 2.81. The monoisotopic (exact) mass is 294 g/mol. The highest BCUT2D eigenvalue weighted by atomic mass is 32.1. The summed E-state index contributed by atoms with van der Waals surface area (Å²) in [5.74, 6) is -0.322. The number of nitrogen functional groups attached to an aromatic ring is 1. The summed E-state index contributed by atoms with van der Waals surface area (Å²) >= 11 is 1.12. The molecule has 2 aromatic rings. The first-order valence-corrected chi connectivity index (χ1v) is 6.85. The smallest absolute Gasteiger partial charge is 0.257 e. The summed E-state index contributed by atoms with van der Waals surface area (Å²) in [6.07, 6.45) is 0.512. The van der Waals surface area contributed by atoms with Crippen LogP contribution >= 0.6 is 11.5 Å². The molecule has 0 aliphatic heterocycles. The maximum atomic E-state index is 13.5. The molecule has 0 fully saturated rings. The zero-order valence-corrected chi connectivity index (χ0v) is 11.8. The second kappa shape index (κ2) is 6.33. The van der Waals surface area contributed by atoms with Gasteiger partial charge in [0.05, 0.1) is 0 Å². The van der Waals surface area contributed by atoms with E-state index in [0.29, 0.717) is 29.1 Å². The summed E-state index contributed by atoms with van der Waals surface area (Å²) in [4.78, 5) is 11.7. The number of nitrogens with two attached hydrogens (primary N) is 1. The van der Waals surface area contributed by atoms with E-state index in [1.54, 1.807) is 18.2 Å². The molecular formula is C13H15FN4OS. The number of aromatic nitrogens is 1. The normalized spacial score (nSPS) is 10.3. The van der Waals surface area contributed by atoms with Gasteiger partial charge < -0.3 is 16.4 Å². The molecule has 0 atom stereocenters. The van der Waals surface area contributed by atoms with Crippen LogP contribution in [-0.4, -0.2) is 23.9 Å². The zero-order valence-electron chi connectivity index (χ0n) is 10.9. The van der Waals surface area contributed by atoms with Gasteiger partial charge in [0.2, 0.25) is 0 Å². The minimum atomic E-state index is -0.287. The number of amides is 1. The van der Waals surface area contributed by atoms with E-state index in [0.717, 1.165) is 11.5 Å². The third-order valence-corrected chi connectivity index (χ3v) is 3.63. The van der Waals surface area contributed by atoms with Crippen molar-refractivity contribution in [2.75, 3.05) is 24.6 Å². The first-order chi connectivity index (χ1) is 9.63. The van der Waals surface area contributed by atoms with Crippen molar-refractivity contribution in [3.63, 3.8) is 0 Å². The van der Waals surface area contributed by atoms with Crippen molar-refractivity contribution < 1.29 is 9.18 Å². The first kappa shape index (κ1) is 14.3. The number of carbonyl (C=O) groups is 1. The van der Waals surface area contributed by atoms with Gasteiger partial charge in [0.15, 0.2) is 5.82 Å². The largest absolute Gasteiger partial charge is 0.382 e. The number of nitrogens with zero attached hydrogens (tertiary/aromatic N) is 1. The average molecular weight is 294 g/mol. The van der Waals surface area contributed by atoms with E-state index in [4.69, 9.17) is 5.73 Å². The number of benzene rings is 1. The van der Waals surface area contributed by atoms with Gasteiger partial charge in [-0.15, -0.1) is 0 Å². The Morgan fingerprint density at radius 2 is 2.20 bits per heavy atom. The molecule has 106 valence electrons. The van der Waals surface area contributed by atoms with Crippen LogP contribution < -0.4 is 16.4 Å². The summed E-state index contributed by atoms with van der Waals surface area (Å²) in [6, 6.07) is 6.60. The summed E-state index contributed by atoms with van der Waals surface area (Å²) in [7, 11) is 1.53. The van der Waals surface area contributed by atoms with Crippen LogP contribution in [0.25, 0.3) is 0 Å². The van der Waals surface area contributed by atoms with Crippen LogP contribution in [0.5, 0.6) is 0 Å². The van der Waals surface area contributed by atoms with Crippen LogP contribution in [0.1, 0.15) is 15.9 Å². The molecule has 0 radical (unpaired) electrons. The zero-order chi connectivity index (χ0) is 14.5. The Bertz CT molecular complexity index is 614. The number of carbonyl (C=O) groups excluding carboxylic acids is 1. The minimum absolute atomic E-state index is 0.197. The third kappa shape index (κ3) is 3.05. The molecule has 0 saturated carbocycles. The first-order valence-electron chi connectivity index (χ1n) is 6.08. The number of hydrogen-bond donors (Lipinski definition) is 3. The van der Waals surface area contributed by atoms with Crippen LogP contribution in [0.3, 0.4) is 0 Å². The fourth-order valence-corrected chi connectivity index (χ4v) is 2.52. The van der Waals surface area contributed by atoms with E-state index in [9.17, 15) is 9.18 Å². The number of halogens is 1. The molecule has 0 unspecified atom stereocenters. The minimum Gasteiger partial charge on any atom is -0.382 e. The van der Waals surface area contributed by atoms with Crippen LogP contribution in [0.4, 0.5) is 15.2 Å². The van der Waals surface area contributed by atoms with Crippen LogP contribution in [-0.2, 0) is 6.42 Å². The van der Waals surface area contributed by atoms with Gasteiger partial charge in [-0.05, 0) is 29.6 Å². The molecular weight excluding hydrogens is 279 g/mol. The maximum Gasteiger partial charge on any atom is 0.257 e. The number of hydrogen-bond acceptors (Lipinski definition) is 5. The highest BCUT2D eigenvalue weighted by molar-refractivity contribution is 7.11. The Balaban J connectivity index is 2.02. The molecule has 0 bridgehead atoms. The van der Waals surface area contributed by atoms with E-state index < -0.39 is 0 Å². The molecule has 0 saturated heterocycles. The lowest BCUT2D eigenvalue weighted by Crippen LogP contribution is -2.20. The summed E-state index contributed by atoms with van der Waals surface area (Å²) in [6.45, 7) is 0.493. The summed E-state index contributed by atoms with van der Waals surface area (Å²) in [5, 5.41) is 6.18. The molecule has 20 heavy (non-hydrogen) atoms. The van der Waals surface area contributed by atoms with Gasteiger partial charge in [0.25, 0.3) is 5.91 Å². The SMILES string of the molecule is CNC(=O)c1c(N)nsc1NCCc1ccccc1F. The highest BCUT2D eigenvalue weighted by Crippen LogP contribution is 2.26. The number of nitrogens with one attached hydrogen (secondary N) is 2. The Hall–Kier alpha value is -2.15. The van der Waals surface area contributed by atoms with Crippen LogP contribution in [0.15, 0.2) is 24.3 Å². The standard InChI is InChI=1S/C13H15FN4OS/c1-16-12(19)10-11(15)18-20-13(10)17-7-6-8-4-2-3-5-9(8)14/h2-5,17H,6-7H2,1H3,(H2,15,18)(H,16,19). The van der Waals surface area contributed by atoms with E-state index in [2.05, 4.69) is 15.0 Å². The Labute approximate surface area is 120 Å². The number of anilines is 2. The lowest BCUT2D eigenvalue weighted by atomic mass is 10.1. The molecule has 5 nitrogen and oxygen atoms in total. The molecule has 1 amide bonds. The summed E-state index contributed by atoms with van der Waals surface area (Å²) < 4.78 is 17.4. The van der Waals surface area contributed by atoms with Crippen LogP contribution in [0, 0.1) is 5.82 Å². The molecule has 4 N–H and O–H groups in total. The van der Waals surface area contributed by atoms with Crippen molar-refractivity contribution in [1.82, 2.24) is 9.69 Å². The topological polar surface area (TPSA) is 80.0 Å². The van der Waals surface area contributed by atoms with Gasteiger partial charge in [0.1, 0.15) is 16.4 Å². The van der Waals surface area contributed by atoms with Crippen molar-refractivity contribution >= 4 is 28.3 Å². The van der Waals surface area contributed by atoms with Crippen LogP contribution in [0.2, 0.25) is 0 Å². The Morgan fingerprint density at radius 3 is 2.90 bits per heavy atom. The van der Waals surface area contributed by atoms with Gasteiger partial charge in [-0.25, -0.2) is 4.39 Å². The molecule has 1 heterocycles. The maximum absolute atomic E-state index is 13.5.